The zero-order valence-electron chi connectivity index (χ0n) is 12.5. The first-order valence-corrected chi connectivity index (χ1v) is 6.86. The van der Waals surface area contributed by atoms with E-state index in [1.165, 1.54) is 6.08 Å². The Labute approximate surface area is 129 Å². The molecule has 112 valence electrons. The molecule has 0 fully saturated rings. The van der Waals surface area contributed by atoms with Crippen LogP contribution in [0, 0.1) is 17.2 Å². The molecule has 0 aliphatic heterocycles. The summed E-state index contributed by atoms with van der Waals surface area (Å²) >= 11 is 0. The molecule has 4 heteroatoms. The summed E-state index contributed by atoms with van der Waals surface area (Å²) < 4.78 is 5.16. The van der Waals surface area contributed by atoms with E-state index in [2.05, 4.69) is 6.07 Å². The number of benzene rings is 1. The fourth-order valence-corrected chi connectivity index (χ4v) is 2.64. The number of hydrogen-bond acceptors (Lipinski definition) is 3. The molecule has 1 aromatic rings. The number of carboxylic acids is 1. The van der Waals surface area contributed by atoms with Crippen molar-refractivity contribution in [1.82, 2.24) is 0 Å². The maximum absolute atomic E-state index is 10.7. The van der Waals surface area contributed by atoms with Crippen molar-refractivity contribution < 1.29 is 14.6 Å². The smallest absolute Gasteiger partial charge is 0.328 e. The van der Waals surface area contributed by atoms with Crippen molar-refractivity contribution in [3.05, 3.63) is 65.8 Å². The van der Waals surface area contributed by atoms with Crippen molar-refractivity contribution in [2.45, 2.75) is 12.3 Å². The van der Waals surface area contributed by atoms with E-state index in [1.807, 2.05) is 43.3 Å². The Hall–Kier alpha value is -2.80. The highest BCUT2D eigenvalue weighted by Crippen LogP contribution is 2.41. The van der Waals surface area contributed by atoms with Crippen LogP contribution in [-0.2, 0) is 10.2 Å². The lowest BCUT2D eigenvalue weighted by atomic mass is 9.67. The Morgan fingerprint density at radius 2 is 2.09 bits per heavy atom. The number of nitrogens with zero attached hydrogens (tertiary/aromatic N) is 1. The van der Waals surface area contributed by atoms with Crippen molar-refractivity contribution >= 4 is 5.97 Å². The molecule has 0 radical (unpaired) electrons. The van der Waals surface area contributed by atoms with E-state index in [0.29, 0.717) is 5.57 Å². The zero-order valence-corrected chi connectivity index (χ0v) is 12.5. The molecular weight excluding hydrogens is 278 g/mol. The predicted octanol–water partition coefficient (Wildman–Crippen LogP) is 3.23. The molecule has 0 saturated heterocycles. The second-order valence-corrected chi connectivity index (χ2v) is 5.27. The number of methoxy groups -OCH3 is 1. The van der Waals surface area contributed by atoms with Crippen LogP contribution in [0.25, 0.3) is 0 Å². The maximum Gasteiger partial charge on any atom is 0.328 e. The number of ether oxygens (including phenoxy) is 1. The van der Waals surface area contributed by atoms with Crippen molar-refractivity contribution in [1.29, 1.82) is 5.26 Å². The maximum atomic E-state index is 10.7. The normalized spacial score (nSPS) is 23.9. The van der Waals surface area contributed by atoms with Crippen LogP contribution in [0.2, 0.25) is 0 Å². The quantitative estimate of drug-likeness (QED) is 0.866. The highest BCUT2D eigenvalue weighted by atomic mass is 16.5. The second-order valence-electron chi connectivity index (χ2n) is 5.27. The highest BCUT2D eigenvalue weighted by molar-refractivity contribution is 5.80. The summed E-state index contributed by atoms with van der Waals surface area (Å²) in [7, 11) is 1.60. The summed E-state index contributed by atoms with van der Waals surface area (Å²) in [5.41, 5.74) is 1.14. The highest BCUT2D eigenvalue weighted by Gasteiger charge is 2.37. The SMILES string of the molecule is COc1ccc(C2(C)C=CC=C(C=CC(=O)O)C2C#N)cc1. The van der Waals surface area contributed by atoms with E-state index in [4.69, 9.17) is 9.84 Å². The Morgan fingerprint density at radius 1 is 1.41 bits per heavy atom. The molecule has 1 aromatic carbocycles. The molecule has 1 aliphatic carbocycles. The fraction of sp³-hybridized carbons (Fsp3) is 0.222. The first-order valence-electron chi connectivity index (χ1n) is 6.86. The predicted molar refractivity (Wildman–Crippen MR) is 83.4 cm³/mol. The number of hydrogen-bond donors (Lipinski definition) is 1. The van der Waals surface area contributed by atoms with Crippen LogP contribution >= 0.6 is 0 Å². The molecule has 0 aromatic heterocycles. The van der Waals surface area contributed by atoms with Crippen LogP contribution in [0.15, 0.2) is 60.2 Å². The molecule has 1 aliphatic rings. The average molecular weight is 295 g/mol. The van der Waals surface area contributed by atoms with Gasteiger partial charge in [0.25, 0.3) is 0 Å². The summed E-state index contributed by atoms with van der Waals surface area (Å²) in [5.74, 6) is -0.734. The fourth-order valence-electron chi connectivity index (χ4n) is 2.64. The lowest BCUT2D eigenvalue weighted by Crippen LogP contribution is -2.31. The molecule has 2 unspecified atom stereocenters. The van der Waals surface area contributed by atoms with Gasteiger partial charge in [0, 0.05) is 11.5 Å². The molecule has 2 atom stereocenters. The van der Waals surface area contributed by atoms with Crippen LogP contribution in [0.3, 0.4) is 0 Å². The van der Waals surface area contributed by atoms with Crippen molar-refractivity contribution in [2.75, 3.05) is 7.11 Å². The summed E-state index contributed by atoms with van der Waals surface area (Å²) in [6, 6.07) is 9.87. The summed E-state index contributed by atoms with van der Waals surface area (Å²) in [5, 5.41) is 18.4. The van der Waals surface area contributed by atoms with Gasteiger partial charge in [-0.05, 0) is 23.3 Å². The number of allylic oxidation sites excluding steroid dienone is 5. The molecule has 0 saturated carbocycles. The Morgan fingerprint density at radius 3 is 2.64 bits per heavy atom. The first kappa shape index (κ1) is 15.6. The van der Waals surface area contributed by atoms with Crippen LogP contribution in [-0.4, -0.2) is 18.2 Å². The summed E-state index contributed by atoms with van der Waals surface area (Å²) in [4.78, 5) is 10.7. The molecule has 0 heterocycles. The van der Waals surface area contributed by atoms with Crippen LogP contribution in [0.5, 0.6) is 5.75 Å². The topological polar surface area (TPSA) is 70.3 Å². The molecule has 0 spiro atoms. The van der Waals surface area contributed by atoms with E-state index < -0.39 is 17.3 Å². The molecule has 0 amide bonds. The van der Waals surface area contributed by atoms with E-state index in [-0.39, 0.29) is 0 Å². The minimum absolute atomic E-state index is 0.457. The van der Waals surface area contributed by atoms with Gasteiger partial charge in [0.15, 0.2) is 0 Å². The third kappa shape index (κ3) is 2.94. The van der Waals surface area contributed by atoms with Gasteiger partial charge < -0.3 is 9.84 Å². The van der Waals surface area contributed by atoms with Gasteiger partial charge >= 0.3 is 5.97 Å². The van der Waals surface area contributed by atoms with E-state index in [1.54, 1.807) is 13.2 Å². The largest absolute Gasteiger partial charge is 0.497 e. The van der Waals surface area contributed by atoms with Crippen molar-refractivity contribution in [3.63, 3.8) is 0 Å². The molecular formula is C18H17NO3. The van der Waals surface area contributed by atoms with Crippen molar-refractivity contribution in [2.24, 2.45) is 5.92 Å². The second kappa shape index (κ2) is 6.31. The van der Waals surface area contributed by atoms with Gasteiger partial charge in [0.2, 0.25) is 0 Å². The van der Waals surface area contributed by atoms with Gasteiger partial charge in [-0.3, -0.25) is 0 Å². The number of carboxylic acid groups (broad SMARTS) is 1. The number of carbonyl (C=O) groups is 1. The monoisotopic (exact) mass is 295 g/mol. The van der Waals surface area contributed by atoms with Gasteiger partial charge in [-0.1, -0.05) is 43.4 Å². The van der Waals surface area contributed by atoms with Gasteiger partial charge in [0.05, 0.1) is 19.1 Å². The summed E-state index contributed by atoms with van der Waals surface area (Å²) in [6.07, 6.45) is 8.16. The number of rotatable bonds is 4. The third-order valence-electron chi connectivity index (χ3n) is 3.92. The van der Waals surface area contributed by atoms with Crippen molar-refractivity contribution in [3.8, 4) is 11.8 Å². The number of nitriles is 1. The van der Waals surface area contributed by atoms with Crippen LogP contribution in [0.1, 0.15) is 12.5 Å². The van der Waals surface area contributed by atoms with Gasteiger partial charge in [-0.15, -0.1) is 0 Å². The van der Waals surface area contributed by atoms with E-state index in [0.717, 1.165) is 17.4 Å². The molecule has 2 rings (SSSR count). The van der Waals surface area contributed by atoms with E-state index in [9.17, 15) is 10.1 Å². The van der Waals surface area contributed by atoms with Gasteiger partial charge in [-0.2, -0.15) is 5.26 Å². The lowest BCUT2D eigenvalue weighted by molar-refractivity contribution is -0.131. The van der Waals surface area contributed by atoms with Gasteiger partial charge in [-0.25, -0.2) is 4.79 Å². The zero-order chi connectivity index (χ0) is 16.2. The lowest BCUT2D eigenvalue weighted by Gasteiger charge is -2.34. The Kier molecular flexibility index (Phi) is 4.47. The molecule has 0 bridgehead atoms. The standard InChI is InChI=1S/C18H17NO3/c1-18(14-6-8-15(22-2)9-7-14)11-3-4-13(16(18)12-19)5-10-17(20)21/h3-11,16H,1-2H3,(H,20,21). The van der Waals surface area contributed by atoms with E-state index >= 15 is 0 Å². The Balaban J connectivity index is 2.41. The summed E-state index contributed by atoms with van der Waals surface area (Å²) in [6.45, 7) is 1.97. The molecule has 22 heavy (non-hydrogen) atoms. The third-order valence-corrected chi connectivity index (χ3v) is 3.92. The van der Waals surface area contributed by atoms with Crippen LogP contribution < -0.4 is 4.74 Å². The van der Waals surface area contributed by atoms with Gasteiger partial charge in [0.1, 0.15) is 5.75 Å². The minimum atomic E-state index is -1.03. The average Bonchev–Trinajstić information content (AvgIpc) is 2.53. The van der Waals surface area contributed by atoms with Crippen LogP contribution in [0.4, 0.5) is 0 Å². The molecule has 1 N–H and O–H groups in total. The Bertz CT molecular complexity index is 692. The first-order chi connectivity index (χ1) is 10.5. The molecule has 4 nitrogen and oxygen atoms in total. The number of aliphatic carboxylic acids is 1. The minimum Gasteiger partial charge on any atom is -0.497 e.